The molecule has 0 atom stereocenters. The number of carbonyl (C=O) groups is 1. The Balaban J connectivity index is 1.73. The van der Waals surface area contributed by atoms with Crippen molar-refractivity contribution >= 4 is 17.1 Å². The summed E-state index contributed by atoms with van der Waals surface area (Å²) >= 11 is 0. The van der Waals surface area contributed by atoms with Gasteiger partial charge in [0, 0.05) is 38.9 Å². The van der Waals surface area contributed by atoms with Crippen LogP contribution in [-0.2, 0) is 24.2 Å². The molecule has 3 aromatic rings. The zero-order valence-corrected chi connectivity index (χ0v) is 17.2. The highest BCUT2D eigenvalue weighted by atomic mass is 16.5. The van der Waals surface area contributed by atoms with E-state index in [1.165, 1.54) is 6.42 Å². The molecule has 0 bridgehead atoms. The maximum Gasteiger partial charge on any atom is 0.256 e. The van der Waals surface area contributed by atoms with Crippen LogP contribution < -0.4 is 0 Å². The summed E-state index contributed by atoms with van der Waals surface area (Å²) in [5.41, 5.74) is 4.16. The summed E-state index contributed by atoms with van der Waals surface area (Å²) in [7, 11) is 1.66. The highest BCUT2D eigenvalue weighted by Gasteiger charge is 2.24. The molecule has 1 aromatic carbocycles. The zero-order valence-electron chi connectivity index (χ0n) is 17.2. The van der Waals surface area contributed by atoms with Gasteiger partial charge in [-0.3, -0.25) is 4.79 Å². The quantitative estimate of drug-likeness (QED) is 0.641. The number of hydrogen-bond donors (Lipinski definition) is 0. The normalized spacial score (nSPS) is 13.9. The second kappa shape index (κ2) is 8.74. The van der Waals surface area contributed by atoms with E-state index in [1.54, 1.807) is 7.11 Å². The first-order valence-corrected chi connectivity index (χ1v) is 10.4. The van der Waals surface area contributed by atoms with Gasteiger partial charge in [0.1, 0.15) is 11.3 Å². The minimum Gasteiger partial charge on any atom is -0.383 e. The van der Waals surface area contributed by atoms with E-state index >= 15 is 0 Å². The Morgan fingerprint density at radius 1 is 1.17 bits per heavy atom. The standard InChI is InChI=1S/C23H28N4O2/c1-17-15-19(21-22(24-17)27-12-8-4-7-11-20(27)25-21)23(28)26(13-14-29-2)16-18-9-5-3-6-10-18/h3,5-6,9-10,15H,4,7-8,11-14,16H2,1-2H3. The average Bonchev–Trinajstić information content (AvgIpc) is 2.92. The number of fused-ring (bicyclic) bond motifs is 3. The number of methoxy groups -OCH3 is 1. The summed E-state index contributed by atoms with van der Waals surface area (Å²) < 4.78 is 7.47. The first-order chi connectivity index (χ1) is 14.2. The lowest BCUT2D eigenvalue weighted by Crippen LogP contribution is -2.33. The monoisotopic (exact) mass is 392 g/mol. The number of benzene rings is 1. The van der Waals surface area contributed by atoms with Crippen LogP contribution >= 0.6 is 0 Å². The molecule has 6 nitrogen and oxygen atoms in total. The van der Waals surface area contributed by atoms with Gasteiger partial charge in [0.15, 0.2) is 5.65 Å². The fourth-order valence-corrected chi connectivity index (χ4v) is 4.01. The highest BCUT2D eigenvalue weighted by Crippen LogP contribution is 2.25. The largest absolute Gasteiger partial charge is 0.383 e. The summed E-state index contributed by atoms with van der Waals surface area (Å²) in [6.07, 6.45) is 4.43. The van der Waals surface area contributed by atoms with Crippen LogP contribution in [0.15, 0.2) is 36.4 Å². The molecule has 6 heteroatoms. The summed E-state index contributed by atoms with van der Waals surface area (Å²) in [5, 5.41) is 0. The average molecular weight is 393 g/mol. The van der Waals surface area contributed by atoms with Crippen molar-refractivity contribution in [3.05, 3.63) is 59.0 Å². The summed E-state index contributed by atoms with van der Waals surface area (Å²) in [6.45, 7) is 4.43. The first kappa shape index (κ1) is 19.6. The molecule has 0 unspecified atom stereocenters. The van der Waals surface area contributed by atoms with Gasteiger partial charge in [-0.05, 0) is 31.4 Å². The first-order valence-electron chi connectivity index (χ1n) is 10.4. The Hall–Kier alpha value is -2.73. The fraction of sp³-hybridized carbons (Fsp3) is 0.435. The van der Waals surface area contributed by atoms with Crippen molar-refractivity contribution in [3.63, 3.8) is 0 Å². The van der Waals surface area contributed by atoms with Crippen LogP contribution in [0.2, 0.25) is 0 Å². The molecule has 0 saturated carbocycles. The van der Waals surface area contributed by atoms with Gasteiger partial charge in [-0.2, -0.15) is 0 Å². The molecule has 0 N–H and O–H groups in total. The van der Waals surface area contributed by atoms with Crippen molar-refractivity contribution in [2.75, 3.05) is 20.3 Å². The van der Waals surface area contributed by atoms with E-state index in [4.69, 9.17) is 14.7 Å². The number of imidazole rings is 1. The van der Waals surface area contributed by atoms with Crippen LogP contribution in [0.4, 0.5) is 0 Å². The van der Waals surface area contributed by atoms with Gasteiger partial charge in [-0.25, -0.2) is 9.97 Å². The second-order valence-electron chi connectivity index (χ2n) is 7.68. The number of ether oxygens (including phenoxy) is 1. The summed E-state index contributed by atoms with van der Waals surface area (Å²) in [5.74, 6) is 1.03. The predicted molar refractivity (Wildman–Crippen MR) is 113 cm³/mol. The molecule has 3 heterocycles. The summed E-state index contributed by atoms with van der Waals surface area (Å²) in [4.78, 5) is 25.1. The molecule has 4 rings (SSSR count). The van der Waals surface area contributed by atoms with Crippen molar-refractivity contribution < 1.29 is 9.53 Å². The summed E-state index contributed by atoms with van der Waals surface area (Å²) in [6, 6.07) is 11.9. The van der Waals surface area contributed by atoms with Gasteiger partial charge >= 0.3 is 0 Å². The Labute approximate surface area is 171 Å². The smallest absolute Gasteiger partial charge is 0.256 e. The topological polar surface area (TPSA) is 60.2 Å². The third-order valence-corrected chi connectivity index (χ3v) is 5.49. The molecule has 29 heavy (non-hydrogen) atoms. The molecule has 0 radical (unpaired) electrons. The number of hydrogen-bond acceptors (Lipinski definition) is 4. The fourth-order valence-electron chi connectivity index (χ4n) is 4.01. The molecule has 152 valence electrons. The van der Waals surface area contributed by atoms with Crippen LogP contribution in [0.3, 0.4) is 0 Å². The molecule has 2 aromatic heterocycles. The lowest BCUT2D eigenvalue weighted by atomic mass is 10.1. The van der Waals surface area contributed by atoms with Gasteiger partial charge in [0.05, 0.1) is 12.2 Å². The number of rotatable bonds is 6. The molecule has 0 aliphatic carbocycles. The molecular weight excluding hydrogens is 364 g/mol. The number of pyridine rings is 1. The Bertz CT molecular complexity index is 997. The van der Waals surface area contributed by atoms with Gasteiger partial charge in [0.2, 0.25) is 0 Å². The van der Waals surface area contributed by atoms with E-state index in [9.17, 15) is 4.79 Å². The van der Waals surface area contributed by atoms with Gasteiger partial charge in [0.25, 0.3) is 5.91 Å². The number of nitrogens with zero attached hydrogens (tertiary/aromatic N) is 4. The Morgan fingerprint density at radius 2 is 2.00 bits per heavy atom. The third kappa shape index (κ3) is 4.17. The molecule has 0 fully saturated rings. The Kier molecular flexibility index (Phi) is 5.90. The SMILES string of the molecule is COCCN(Cc1ccccc1)C(=O)c1cc(C)nc2c1nc1n2CCCCC1. The highest BCUT2D eigenvalue weighted by molar-refractivity contribution is 6.04. The molecular formula is C23H28N4O2. The molecule has 1 amide bonds. The minimum absolute atomic E-state index is 0.0188. The molecule has 1 aliphatic heterocycles. The lowest BCUT2D eigenvalue weighted by Gasteiger charge is -2.23. The predicted octanol–water partition coefficient (Wildman–Crippen LogP) is 3.75. The van der Waals surface area contributed by atoms with Crippen LogP contribution in [0.1, 0.15) is 46.7 Å². The Morgan fingerprint density at radius 3 is 2.79 bits per heavy atom. The van der Waals surface area contributed by atoms with Crippen LogP contribution in [0, 0.1) is 6.92 Å². The van der Waals surface area contributed by atoms with Crippen molar-refractivity contribution in [2.24, 2.45) is 0 Å². The van der Waals surface area contributed by atoms with Gasteiger partial charge in [-0.15, -0.1) is 0 Å². The van der Waals surface area contributed by atoms with Crippen molar-refractivity contribution in [1.82, 2.24) is 19.4 Å². The third-order valence-electron chi connectivity index (χ3n) is 5.49. The maximum absolute atomic E-state index is 13.6. The lowest BCUT2D eigenvalue weighted by molar-refractivity contribution is 0.0682. The van der Waals surface area contributed by atoms with Gasteiger partial charge in [-0.1, -0.05) is 36.8 Å². The van der Waals surface area contributed by atoms with Crippen LogP contribution in [-0.4, -0.2) is 45.6 Å². The maximum atomic E-state index is 13.6. The second-order valence-corrected chi connectivity index (χ2v) is 7.68. The molecule has 0 saturated heterocycles. The minimum atomic E-state index is -0.0188. The van der Waals surface area contributed by atoms with E-state index in [-0.39, 0.29) is 5.91 Å². The number of aryl methyl sites for hydroxylation is 3. The van der Waals surface area contributed by atoms with E-state index in [2.05, 4.69) is 4.57 Å². The van der Waals surface area contributed by atoms with Crippen LogP contribution in [0.25, 0.3) is 11.2 Å². The van der Waals surface area contributed by atoms with E-state index < -0.39 is 0 Å². The number of carbonyl (C=O) groups excluding carboxylic acids is 1. The van der Waals surface area contributed by atoms with Crippen molar-refractivity contribution in [2.45, 2.75) is 45.7 Å². The van der Waals surface area contributed by atoms with E-state index in [0.717, 1.165) is 54.1 Å². The molecule has 0 spiro atoms. The van der Waals surface area contributed by atoms with E-state index in [0.29, 0.717) is 25.3 Å². The number of amides is 1. The zero-order chi connectivity index (χ0) is 20.2. The number of aromatic nitrogens is 3. The molecule has 1 aliphatic rings. The van der Waals surface area contributed by atoms with E-state index in [1.807, 2.05) is 48.2 Å². The van der Waals surface area contributed by atoms with Crippen molar-refractivity contribution in [3.8, 4) is 0 Å². The van der Waals surface area contributed by atoms with Crippen LogP contribution in [0.5, 0.6) is 0 Å². The van der Waals surface area contributed by atoms with Gasteiger partial charge < -0.3 is 14.2 Å². The van der Waals surface area contributed by atoms with Crippen molar-refractivity contribution in [1.29, 1.82) is 0 Å².